The van der Waals surface area contributed by atoms with Crippen molar-refractivity contribution in [3.05, 3.63) is 90.6 Å². The average Bonchev–Trinajstić information content (AvgIpc) is 2.80. The second-order valence-electron chi connectivity index (χ2n) is 6.37. The zero-order chi connectivity index (χ0) is 20.6. The van der Waals surface area contributed by atoms with E-state index in [0.29, 0.717) is 24.1 Å². The molecule has 0 bridgehead atoms. The molecule has 4 aromatic rings. The van der Waals surface area contributed by atoms with E-state index in [0.717, 1.165) is 22.7 Å². The Balaban J connectivity index is 1.47. The summed E-state index contributed by atoms with van der Waals surface area (Å²) in [7, 11) is 1.65. The van der Waals surface area contributed by atoms with Crippen LogP contribution in [0.2, 0.25) is 0 Å². The lowest BCUT2D eigenvalue weighted by Crippen LogP contribution is -2.06. The summed E-state index contributed by atoms with van der Waals surface area (Å²) in [6, 6.07) is 25.0. The first-order valence-corrected chi connectivity index (χ1v) is 9.46. The summed E-state index contributed by atoms with van der Waals surface area (Å²) in [5, 5.41) is 14.5. The molecule has 0 atom stereocenters. The lowest BCUT2D eigenvalue weighted by Gasteiger charge is -2.13. The zero-order valence-electron chi connectivity index (χ0n) is 16.4. The van der Waals surface area contributed by atoms with Gasteiger partial charge in [0.25, 0.3) is 0 Å². The van der Waals surface area contributed by atoms with Crippen LogP contribution in [0.5, 0.6) is 17.2 Å². The maximum Gasteiger partial charge on any atom is 0.249 e. The minimum atomic E-state index is 0.365. The van der Waals surface area contributed by atoms with Crippen LogP contribution >= 0.6 is 0 Å². The van der Waals surface area contributed by atoms with E-state index < -0.39 is 0 Å². The standard InChI is InChI=1S/C23H21N5O2/c1-29-20-13-7-5-9-17(20)15-24-22-16-25-28-23(27-22)26-19-12-6-8-14-21(19)30-18-10-3-2-4-11-18/h2-14,16H,15H2,1H3,(H2,24,26,27,28). The Morgan fingerprint density at radius 1 is 0.833 bits per heavy atom. The minimum absolute atomic E-state index is 0.365. The Labute approximate surface area is 174 Å². The maximum atomic E-state index is 5.97. The molecule has 7 nitrogen and oxygen atoms in total. The molecule has 0 saturated heterocycles. The van der Waals surface area contributed by atoms with Crippen LogP contribution in [0.3, 0.4) is 0 Å². The van der Waals surface area contributed by atoms with Crippen LogP contribution in [0, 0.1) is 0 Å². The van der Waals surface area contributed by atoms with Crippen LogP contribution in [0.4, 0.5) is 17.5 Å². The van der Waals surface area contributed by atoms with Crippen LogP contribution in [0.15, 0.2) is 85.1 Å². The van der Waals surface area contributed by atoms with Crippen LogP contribution in [0.25, 0.3) is 0 Å². The number of methoxy groups -OCH3 is 1. The zero-order valence-corrected chi connectivity index (χ0v) is 16.4. The number of ether oxygens (including phenoxy) is 2. The minimum Gasteiger partial charge on any atom is -0.496 e. The van der Waals surface area contributed by atoms with Crippen molar-refractivity contribution in [3.63, 3.8) is 0 Å². The fourth-order valence-electron chi connectivity index (χ4n) is 2.87. The van der Waals surface area contributed by atoms with Crippen molar-refractivity contribution in [2.24, 2.45) is 0 Å². The van der Waals surface area contributed by atoms with Gasteiger partial charge in [-0.15, -0.1) is 5.10 Å². The molecule has 2 N–H and O–H groups in total. The molecule has 1 heterocycles. The number of rotatable bonds is 8. The topological polar surface area (TPSA) is 81.2 Å². The molecule has 150 valence electrons. The van der Waals surface area contributed by atoms with Crippen molar-refractivity contribution in [1.82, 2.24) is 15.2 Å². The van der Waals surface area contributed by atoms with E-state index in [1.807, 2.05) is 78.9 Å². The van der Waals surface area contributed by atoms with Gasteiger partial charge in [-0.25, -0.2) is 0 Å². The summed E-state index contributed by atoms with van der Waals surface area (Å²) >= 11 is 0. The van der Waals surface area contributed by atoms with E-state index in [4.69, 9.17) is 9.47 Å². The Bertz CT molecular complexity index is 1110. The first-order valence-electron chi connectivity index (χ1n) is 9.46. The molecule has 3 aromatic carbocycles. The van der Waals surface area contributed by atoms with E-state index in [1.54, 1.807) is 13.3 Å². The van der Waals surface area contributed by atoms with Gasteiger partial charge in [0.05, 0.1) is 19.0 Å². The van der Waals surface area contributed by atoms with Gasteiger partial charge in [0.15, 0.2) is 11.6 Å². The van der Waals surface area contributed by atoms with E-state index in [2.05, 4.69) is 25.8 Å². The Hall–Kier alpha value is -4.13. The van der Waals surface area contributed by atoms with E-state index in [1.165, 1.54) is 0 Å². The molecule has 0 aliphatic heterocycles. The molecular formula is C23H21N5O2. The van der Waals surface area contributed by atoms with E-state index >= 15 is 0 Å². The number of hydrogen-bond donors (Lipinski definition) is 2. The van der Waals surface area contributed by atoms with E-state index in [-0.39, 0.29) is 0 Å². The lowest BCUT2D eigenvalue weighted by molar-refractivity contribution is 0.410. The van der Waals surface area contributed by atoms with Gasteiger partial charge in [0, 0.05) is 12.1 Å². The fraction of sp³-hybridized carbons (Fsp3) is 0.0870. The molecule has 0 aliphatic carbocycles. The van der Waals surface area contributed by atoms with Crippen molar-refractivity contribution < 1.29 is 9.47 Å². The first kappa shape index (κ1) is 19.2. The lowest BCUT2D eigenvalue weighted by atomic mass is 10.2. The summed E-state index contributed by atoms with van der Waals surface area (Å²) in [6.07, 6.45) is 1.58. The van der Waals surface area contributed by atoms with Gasteiger partial charge in [-0.1, -0.05) is 48.5 Å². The number of para-hydroxylation sites is 4. The Morgan fingerprint density at radius 3 is 2.40 bits per heavy atom. The third kappa shape index (κ3) is 4.82. The Morgan fingerprint density at radius 2 is 1.57 bits per heavy atom. The fourth-order valence-corrected chi connectivity index (χ4v) is 2.87. The summed E-state index contributed by atoms with van der Waals surface area (Å²) in [5.41, 5.74) is 1.76. The highest BCUT2D eigenvalue weighted by Crippen LogP contribution is 2.30. The number of anilines is 3. The molecule has 7 heteroatoms. The van der Waals surface area contributed by atoms with Gasteiger partial charge < -0.3 is 20.1 Å². The summed E-state index contributed by atoms with van der Waals surface area (Å²) < 4.78 is 11.4. The van der Waals surface area contributed by atoms with Gasteiger partial charge in [-0.05, 0) is 30.3 Å². The second kappa shape index (κ2) is 9.38. The molecular weight excluding hydrogens is 378 g/mol. The number of benzene rings is 3. The van der Waals surface area contributed by atoms with Gasteiger partial charge >= 0.3 is 0 Å². The van der Waals surface area contributed by atoms with Crippen LogP contribution in [0.1, 0.15) is 5.56 Å². The molecule has 4 rings (SSSR count). The van der Waals surface area contributed by atoms with Crippen molar-refractivity contribution in [1.29, 1.82) is 0 Å². The van der Waals surface area contributed by atoms with Crippen molar-refractivity contribution in [2.75, 3.05) is 17.7 Å². The highest BCUT2D eigenvalue weighted by molar-refractivity contribution is 5.63. The summed E-state index contributed by atoms with van der Waals surface area (Å²) in [5.74, 6) is 3.19. The van der Waals surface area contributed by atoms with Gasteiger partial charge in [-0.2, -0.15) is 10.1 Å². The first-order chi connectivity index (χ1) is 14.8. The molecule has 0 saturated carbocycles. The molecule has 0 amide bonds. The summed E-state index contributed by atoms with van der Waals surface area (Å²) in [6.45, 7) is 0.551. The summed E-state index contributed by atoms with van der Waals surface area (Å²) in [4.78, 5) is 4.49. The maximum absolute atomic E-state index is 5.97. The second-order valence-corrected chi connectivity index (χ2v) is 6.37. The van der Waals surface area contributed by atoms with Crippen LogP contribution < -0.4 is 20.1 Å². The molecule has 0 aliphatic rings. The number of nitrogens with one attached hydrogen (secondary N) is 2. The SMILES string of the molecule is COc1ccccc1CNc1cnnc(Nc2ccccc2Oc2ccccc2)n1. The van der Waals surface area contributed by atoms with Crippen molar-refractivity contribution in [2.45, 2.75) is 6.54 Å². The molecule has 0 radical (unpaired) electrons. The van der Waals surface area contributed by atoms with Gasteiger partial charge in [0.2, 0.25) is 5.95 Å². The van der Waals surface area contributed by atoms with Gasteiger partial charge in [-0.3, -0.25) is 0 Å². The number of aromatic nitrogens is 3. The van der Waals surface area contributed by atoms with Gasteiger partial charge in [0.1, 0.15) is 11.5 Å². The predicted molar refractivity (Wildman–Crippen MR) is 116 cm³/mol. The molecule has 0 unspecified atom stereocenters. The third-order valence-corrected chi connectivity index (χ3v) is 4.32. The highest BCUT2D eigenvalue weighted by Gasteiger charge is 2.08. The normalized spacial score (nSPS) is 10.3. The average molecular weight is 399 g/mol. The highest BCUT2D eigenvalue weighted by atomic mass is 16.5. The smallest absolute Gasteiger partial charge is 0.249 e. The van der Waals surface area contributed by atoms with Crippen molar-refractivity contribution >= 4 is 17.5 Å². The van der Waals surface area contributed by atoms with E-state index in [9.17, 15) is 0 Å². The number of hydrogen-bond acceptors (Lipinski definition) is 7. The monoisotopic (exact) mass is 399 g/mol. The van der Waals surface area contributed by atoms with Crippen molar-refractivity contribution in [3.8, 4) is 17.2 Å². The number of nitrogens with zero attached hydrogens (tertiary/aromatic N) is 3. The molecule has 1 aromatic heterocycles. The van der Waals surface area contributed by atoms with Crippen LogP contribution in [-0.2, 0) is 6.54 Å². The predicted octanol–water partition coefficient (Wildman–Crippen LogP) is 5.03. The molecule has 0 spiro atoms. The third-order valence-electron chi connectivity index (χ3n) is 4.32. The quantitative estimate of drug-likeness (QED) is 0.430. The largest absolute Gasteiger partial charge is 0.496 e. The molecule has 30 heavy (non-hydrogen) atoms. The van der Waals surface area contributed by atoms with Crippen LogP contribution in [-0.4, -0.2) is 22.3 Å². The molecule has 0 fully saturated rings. The Kier molecular flexibility index (Phi) is 6.00.